The quantitative estimate of drug-likeness (QED) is 0.523. The summed E-state index contributed by atoms with van der Waals surface area (Å²) in [5.74, 6) is 0.818. The molecule has 0 saturated carbocycles. The molecular formula is C16H22N6S2. The molecule has 0 radical (unpaired) electrons. The van der Waals surface area contributed by atoms with Crippen LogP contribution in [0.4, 0.5) is 0 Å². The van der Waals surface area contributed by atoms with Gasteiger partial charge in [-0.3, -0.25) is 4.40 Å². The summed E-state index contributed by atoms with van der Waals surface area (Å²) in [7, 11) is 0. The molecule has 0 aliphatic carbocycles. The van der Waals surface area contributed by atoms with Crippen molar-refractivity contribution in [1.29, 1.82) is 0 Å². The average molecular weight is 363 g/mol. The van der Waals surface area contributed by atoms with Crippen molar-refractivity contribution in [3.8, 4) is 0 Å². The zero-order valence-electron chi connectivity index (χ0n) is 14.2. The van der Waals surface area contributed by atoms with E-state index in [9.17, 15) is 0 Å². The van der Waals surface area contributed by atoms with Gasteiger partial charge in [-0.2, -0.15) is 0 Å². The Morgan fingerprint density at radius 3 is 2.88 bits per heavy atom. The van der Waals surface area contributed by atoms with Gasteiger partial charge in [-0.1, -0.05) is 0 Å². The topological polar surface area (TPSA) is 66.6 Å². The Labute approximate surface area is 149 Å². The second kappa shape index (κ2) is 7.76. The van der Waals surface area contributed by atoms with Gasteiger partial charge in [0.1, 0.15) is 0 Å². The monoisotopic (exact) mass is 362 g/mol. The normalized spacial score (nSPS) is 12.0. The first-order valence-corrected chi connectivity index (χ1v) is 9.71. The molecular weight excluding hydrogens is 340 g/mol. The second-order valence-electron chi connectivity index (χ2n) is 5.45. The highest BCUT2D eigenvalue weighted by Gasteiger charge is 2.05. The van der Waals surface area contributed by atoms with Gasteiger partial charge >= 0.3 is 0 Å². The Balaban J connectivity index is 1.55. The van der Waals surface area contributed by atoms with Gasteiger partial charge in [0.2, 0.25) is 0 Å². The SMILES string of the molecule is CCNC(=NCc1cn2ccsc2n1)NCCc1nc(C)c(C)s1. The van der Waals surface area contributed by atoms with Gasteiger partial charge in [0, 0.05) is 42.2 Å². The van der Waals surface area contributed by atoms with Crippen LogP contribution in [0.1, 0.15) is 28.2 Å². The van der Waals surface area contributed by atoms with Gasteiger partial charge < -0.3 is 10.6 Å². The van der Waals surface area contributed by atoms with Crippen molar-refractivity contribution in [3.05, 3.63) is 39.0 Å². The van der Waals surface area contributed by atoms with E-state index in [1.54, 1.807) is 22.7 Å². The number of fused-ring (bicyclic) bond motifs is 1. The highest BCUT2D eigenvalue weighted by molar-refractivity contribution is 7.15. The number of aromatic nitrogens is 3. The number of nitrogens with one attached hydrogen (secondary N) is 2. The summed E-state index contributed by atoms with van der Waals surface area (Å²) >= 11 is 3.40. The van der Waals surface area contributed by atoms with Crippen LogP contribution < -0.4 is 10.6 Å². The Morgan fingerprint density at radius 1 is 1.29 bits per heavy atom. The van der Waals surface area contributed by atoms with Crippen molar-refractivity contribution in [1.82, 2.24) is 25.0 Å². The van der Waals surface area contributed by atoms with Crippen LogP contribution >= 0.6 is 22.7 Å². The van der Waals surface area contributed by atoms with E-state index in [0.29, 0.717) is 6.54 Å². The van der Waals surface area contributed by atoms with Crippen LogP contribution in [-0.2, 0) is 13.0 Å². The zero-order chi connectivity index (χ0) is 16.9. The lowest BCUT2D eigenvalue weighted by atomic mass is 10.4. The third kappa shape index (κ3) is 4.12. The summed E-state index contributed by atoms with van der Waals surface area (Å²) < 4.78 is 2.03. The van der Waals surface area contributed by atoms with Gasteiger partial charge in [-0.05, 0) is 20.8 Å². The van der Waals surface area contributed by atoms with E-state index < -0.39 is 0 Å². The molecule has 0 bridgehead atoms. The minimum atomic E-state index is 0.569. The fourth-order valence-corrected chi connectivity index (χ4v) is 3.94. The summed E-state index contributed by atoms with van der Waals surface area (Å²) in [6, 6.07) is 0. The standard InChI is InChI=1S/C16H22N6S2/c1-4-17-15(18-6-5-14-20-11(2)12(3)24-14)19-9-13-10-22-7-8-23-16(22)21-13/h7-8,10H,4-6,9H2,1-3H3,(H2,17,18,19). The summed E-state index contributed by atoms with van der Waals surface area (Å²) in [4.78, 5) is 16.0. The fourth-order valence-electron chi connectivity index (χ4n) is 2.29. The van der Waals surface area contributed by atoms with Gasteiger partial charge in [-0.25, -0.2) is 15.0 Å². The van der Waals surface area contributed by atoms with E-state index in [2.05, 4.69) is 46.4 Å². The lowest BCUT2D eigenvalue weighted by Crippen LogP contribution is -2.38. The second-order valence-corrected chi connectivity index (χ2v) is 7.61. The number of hydrogen-bond donors (Lipinski definition) is 2. The van der Waals surface area contributed by atoms with Crippen LogP contribution in [0.15, 0.2) is 22.8 Å². The van der Waals surface area contributed by atoms with E-state index in [1.165, 1.54) is 9.88 Å². The van der Waals surface area contributed by atoms with Gasteiger partial charge in [-0.15, -0.1) is 22.7 Å². The smallest absolute Gasteiger partial charge is 0.193 e. The molecule has 3 aromatic heterocycles. The van der Waals surface area contributed by atoms with Crippen molar-refractivity contribution in [2.24, 2.45) is 4.99 Å². The number of nitrogens with zero attached hydrogens (tertiary/aromatic N) is 4. The van der Waals surface area contributed by atoms with Crippen LogP contribution in [0.2, 0.25) is 0 Å². The summed E-state index contributed by atoms with van der Waals surface area (Å²) in [5.41, 5.74) is 2.11. The van der Waals surface area contributed by atoms with Crippen LogP contribution in [0.25, 0.3) is 4.96 Å². The molecule has 0 aliphatic heterocycles. The number of imidazole rings is 1. The van der Waals surface area contributed by atoms with Crippen LogP contribution in [0.5, 0.6) is 0 Å². The Bertz CT molecular complexity index is 781. The van der Waals surface area contributed by atoms with Crippen LogP contribution in [-0.4, -0.2) is 33.4 Å². The molecule has 0 amide bonds. The lowest BCUT2D eigenvalue weighted by molar-refractivity contribution is 0.793. The molecule has 0 fully saturated rings. The third-order valence-electron chi connectivity index (χ3n) is 3.59. The maximum Gasteiger partial charge on any atom is 0.193 e. The molecule has 2 N–H and O–H groups in total. The molecule has 0 saturated heterocycles. The maximum absolute atomic E-state index is 4.62. The number of rotatable bonds is 6. The first-order valence-electron chi connectivity index (χ1n) is 8.02. The fraction of sp³-hybridized carbons (Fsp3) is 0.438. The molecule has 0 aromatic carbocycles. The number of hydrogen-bond acceptors (Lipinski definition) is 5. The summed E-state index contributed by atoms with van der Waals surface area (Å²) in [6.07, 6.45) is 4.95. The van der Waals surface area contributed by atoms with Crippen molar-refractivity contribution in [2.45, 2.75) is 33.7 Å². The summed E-state index contributed by atoms with van der Waals surface area (Å²) in [6.45, 7) is 8.46. The first-order chi connectivity index (χ1) is 11.7. The van der Waals surface area contributed by atoms with E-state index in [4.69, 9.17) is 0 Å². The lowest BCUT2D eigenvalue weighted by Gasteiger charge is -2.10. The van der Waals surface area contributed by atoms with E-state index >= 15 is 0 Å². The summed E-state index contributed by atoms with van der Waals surface area (Å²) in [5, 5.41) is 9.84. The minimum absolute atomic E-state index is 0.569. The Morgan fingerprint density at radius 2 is 2.17 bits per heavy atom. The molecule has 8 heteroatoms. The predicted molar refractivity (Wildman–Crippen MR) is 101 cm³/mol. The van der Waals surface area contributed by atoms with E-state index in [1.807, 2.05) is 22.2 Å². The molecule has 24 heavy (non-hydrogen) atoms. The number of guanidine groups is 1. The molecule has 6 nitrogen and oxygen atoms in total. The molecule has 3 aromatic rings. The third-order valence-corrected chi connectivity index (χ3v) is 5.49. The predicted octanol–water partition coefficient (Wildman–Crippen LogP) is 2.77. The van der Waals surface area contributed by atoms with Crippen LogP contribution in [0, 0.1) is 13.8 Å². The highest BCUT2D eigenvalue weighted by atomic mass is 32.1. The molecule has 0 unspecified atom stereocenters. The minimum Gasteiger partial charge on any atom is -0.357 e. The molecule has 0 aliphatic rings. The van der Waals surface area contributed by atoms with Crippen molar-refractivity contribution < 1.29 is 0 Å². The van der Waals surface area contributed by atoms with Crippen LogP contribution in [0.3, 0.4) is 0 Å². The molecule has 128 valence electrons. The molecule has 0 spiro atoms. The first kappa shape index (κ1) is 16.9. The maximum atomic E-state index is 4.62. The van der Waals surface area contributed by atoms with Gasteiger partial charge in [0.05, 0.1) is 22.9 Å². The number of thiazole rings is 2. The Kier molecular flexibility index (Phi) is 5.47. The van der Waals surface area contributed by atoms with Crippen molar-refractivity contribution in [2.75, 3.05) is 13.1 Å². The zero-order valence-corrected chi connectivity index (χ0v) is 15.8. The van der Waals surface area contributed by atoms with Gasteiger partial charge in [0.15, 0.2) is 10.9 Å². The molecule has 0 atom stereocenters. The van der Waals surface area contributed by atoms with Gasteiger partial charge in [0.25, 0.3) is 0 Å². The number of aryl methyl sites for hydroxylation is 2. The Hall–Kier alpha value is -1.93. The average Bonchev–Trinajstić information content (AvgIpc) is 3.21. The number of aliphatic imine (C=N–C) groups is 1. The highest BCUT2D eigenvalue weighted by Crippen LogP contribution is 2.16. The van der Waals surface area contributed by atoms with E-state index in [-0.39, 0.29) is 0 Å². The van der Waals surface area contributed by atoms with Crippen molar-refractivity contribution >= 4 is 33.6 Å². The molecule has 3 rings (SSSR count). The largest absolute Gasteiger partial charge is 0.357 e. The molecule has 3 heterocycles. The van der Waals surface area contributed by atoms with E-state index in [0.717, 1.165) is 41.8 Å². The van der Waals surface area contributed by atoms with Crippen molar-refractivity contribution in [3.63, 3.8) is 0 Å².